The van der Waals surface area contributed by atoms with Crippen molar-refractivity contribution in [1.82, 2.24) is 4.98 Å². The van der Waals surface area contributed by atoms with Crippen molar-refractivity contribution < 1.29 is 0 Å². The molecule has 6 N–H and O–H groups in total. The molecule has 1 aromatic heterocycles. The molecule has 4 nitrogen and oxygen atoms in total. The van der Waals surface area contributed by atoms with Crippen molar-refractivity contribution in [3.63, 3.8) is 0 Å². The molecule has 0 saturated heterocycles. The normalized spacial score (nSPS) is 13.5. The molecule has 4 heteroatoms. The zero-order valence-electron chi connectivity index (χ0n) is 9.03. The molecule has 0 amide bonds. The summed E-state index contributed by atoms with van der Waals surface area (Å²) in [6.45, 7) is 3.88. The van der Waals surface area contributed by atoms with E-state index in [-0.39, 0.29) is 0 Å². The van der Waals surface area contributed by atoms with E-state index in [0.717, 1.165) is 21.7 Å². The fourth-order valence-electron chi connectivity index (χ4n) is 1.41. The maximum atomic E-state index is 7.18. The van der Waals surface area contributed by atoms with Crippen molar-refractivity contribution in [3.8, 4) is 0 Å². The van der Waals surface area contributed by atoms with Crippen molar-refractivity contribution in [1.29, 1.82) is 5.41 Å². The fourth-order valence-corrected chi connectivity index (χ4v) is 1.41. The monoisotopic (exact) mass is 216 g/mol. The number of hydrogen-bond acceptors (Lipinski definition) is 3. The largest absolute Gasteiger partial charge is 0.405 e. The second kappa shape index (κ2) is 5.60. The number of nitrogens with one attached hydrogen (secondary N) is 2. The van der Waals surface area contributed by atoms with Gasteiger partial charge in [0.05, 0.1) is 0 Å². The summed E-state index contributed by atoms with van der Waals surface area (Å²) in [4.78, 5) is 3.04. The van der Waals surface area contributed by atoms with E-state index < -0.39 is 0 Å². The van der Waals surface area contributed by atoms with Gasteiger partial charge in [-0.05, 0) is 29.6 Å². The molecule has 0 spiro atoms. The molecule has 0 aromatic carbocycles. The van der Waals surface area contributed by atoms with Crippen LogP contribution in [0.1, 0.15) is 5.56 Å². The van der Waals surface area contributed by atoms with Gasteiger partial charge < -0.3 is 21.9 Å². The number of H-pyrrole nitrogens is 1. The lowest BCUT2D eigenvalue weighted by Gasteiger charge is -1.97. The topological polar surface area (TPSA) is 91.7 Å². The zero-order valence-corrected chi connectivity index (χ0v) is 9.03. The van der Waals surface area contributed by atoms with E-state index in [4.69, 9.17) is 16.9 Å². The van der Waals surface area contributed by atoms with E-state index in [0.29, 0.717) is 6.42 Å². The van der Waals surface area contributed by atoms with Gasteiger partial charge in [0.15, 0.2) is 0 Å². The maximum absolute atomic E-state index is 7.18. The quantitative estimate of drug-likeness (QED) is 0.521. The molecule has 0 atom stereocenters. The van der Waals surface area contributed by atoms with Gasteiger partial charge in [-0.15, -0.1) is 0 Å². The van der Waals surface area contributed by atoms with Gasteiger partial charge >= 0.3 is 0 Å². The molecule has 84 valence electrons. The molecule has 0 fully saturated rings. The Morgan fingerprint density at radius 2 is 2.25 bits per heavy atom. The Labute approximate surface area is 94.2 Å². The summed E-state index contributed by atoms with van der Waals surface area (Å²) in [6.07, 6.45) is 10.3. The van der Waals surface area contributed by atoms with Crippen LogP contribution in [0.4, 0.5) is 0 Å². The molecule has 1 heterocycles. The summed E-state index contributed by atoms with van der Waals surface area (Å²) in [5, 5.41) is 9.00. The van der Waals surface area contributed by atoms with Gasteiger partial charge in [-0.25, -0.2) is 0 Å². The van der Waals surface area contributed by atoms with Crippen molar-refractivity contribution in [3.05, 3.63) is 46.4 Å². The Bertz CT molecular complexity index is 520. The standard InChI is InChI=1S/C12H16N4/c1-9-12(3-2-4-13)11(8-16-9)5-10(6-14)7-15/h2-4,6-8,14,16H,1,5,13,15H2/b4-2-,10-7-,12-3+,14-6?. The van der Waals surface area contributed by atoms with Crippen LogP contribution in [0.2, 0.25) is 0 Å². The first-order chi connectivity index (χ1) is 7.72. The Balaban J connectivity index is 3.16. The van der Waals surface area contributed by atoms with Crippen LogP contribution >= 0.6 is 0 Å². The number of hydrogen-bond donors (Lipinski definition) is 4. The maximum Gasteiger partial charge on any atom is 0.0383 e. The molecule has 0 aliphatic heterocycles. The molecule has 0 radical (unpaired) electrons. The second-order valence-corrected chi connectivity index (χ2v) is 3.32. The lowest BCUT2D eigenvalue weighted by atomic mass is 10.1. The summed E-state index contributed by atoms with van der Waals surface area (Å²) in [7, 11) is 0. The van der Waals surface area contributed by atoms with E-state index in [1.54, 1.807) is 6.08 Å². The van der Waals surface area contributed by atoms with E-state index in [9.17, 15) is 0 Å². The highest BCUT2D eigenvalue weighted by atomic mass is 14.7. The smallest absolute Gasteiger partial charge is 0.0383 e. The summed E-state index contributed by atoms with van der Waals surface area (Å²) in [5.74, 6) is 0. The zero-order chi connectivity index (χ0) is 12.0. The van der Waals surface area contributed by atoms with Gasteiger partial charge in [0.1, 0.15) is 0 Å². The van der Waals surface area contributed by atoms with E-state index in [1.807, 2.05) is 12.3 Å². The first-order valence-electron chi connectivity index (χ1n) is 4.88. The Kier molecular flexibility index (Phi) is 4.15. The van der Waals surface area contributed by atoms with Crippen LogP contribution in [0.15, 0.2) is 30.2 Å². The molecule has 0 saturated carbocycles. The summed E-state index contributed by atoms with van der Waals surface area (Å²) in [5.41, 5.74) is 12.5. The molecule has 0 bridgehead atoms. The Morgan fingerprint density at radius 3 is 2.81 bits per heavy atom. The van der Waals surface area contributed by atoms with E-state index in [1.165, 1.54) is 18.6 Å². The first kappa shape index (κ1) is 11.8. The highest BCUT2D eigenvalue weighted by molar-refractivity contribution is 5.76. The predicted molar refractivity (Wildman–Crippen MR) is 68.1 cm³/mol. The minimum atomic E-state index is 0.607. The SMILES string of the molecule is C=c1[nH]cc(C/C(C=N)=C/N)/c1=C/C=C\N. The van der Waals surface area contributed by atoms with Crippen LogP contribution in [0.5, 0.6) is 0 Å². The van der Waals surface area contributed by atoms with Gasteiger partial charge in [0, 0.05) is 29.4 Å². The van der Waals surface area contributed by atoms with Gasteiger partial charge in [0.25, 0.3) is 0 Å². The molecular weight excluding hydrogens is 200 g/mol. The van der Waals surface area contributed by atoms with Crippen LogP contribution in [-0.4, -0.2) is 11.2 Å². The van der Waals surface area contributed by atoms with Gasteiger partial charge in [-0.1, -0.05) is 12.7 Å². The number of nitrogens with two attached hydrogens (primary N) is 2. The number of allylic oxidation sites excluding steroid dienone is 2. The highest BCUT2D eigenvalue weighted by Crippen LogP contribution is 1.98. The predicted octanol–water partition coefficient (Wildman–Crippen LogP) is -0.287. The van der Waals surface area contributed by atoms with E-state index in [2.05, 4.69) is 11.6 Å². The van der Waals surface area contributed by atoms with Crippen molar-refractivity contribution in [2.24, 2.45) is 11.5 Å². The highest BCUT2D eigenvalue weighted by Gasteiger charge is 2.00. The van der Waals surface area contributed by atoms with Crippen LogP contribution in [0.25, 0.3) is 12.7 Å². The minimum Gasteiger partial charge on any atom is -0.405 e. The molecule has 0 unspecified atom stereocenters. The molecule has 16 heavy (non-hydrogen) atoms. The third kappa shape index (κ3) is 2.63. The summed E-state index contributed by atoms with van der Waals surface area (Å²) < 4.78 is 0. The summed E-state index contributed by atoms with van der Waals surface area (Å²) in [6, 6.07) is 0. The fraction of sp³-hybridized carbons (Fsp3) is 0.0833. The number of aromatic nitrogens is 1. The van der Waals surface area contributed by atoms with Crippen LogP contribution < -0.4 is 22.0 Å². The lowest BCUT2D eigenvalue weighted by Crippen LogP contribution is -2.23. The third-order valence-corrected chi connectivity index (χ3v) is 2.26. The first-order valence-corrected chi connectivity index (χ1v) is 4.88. The van der Waals surface area contributed by atoms with Crippen LogP contribution in [0, 0.1) is 5.41 Å². The molecule has 0 aliphatic carbocycles. The van der Waals surface area contributed by atoms with Crippen molar-refractivity contribution in [2.45, 2.75) is 6.42 Å². The molecule has 1 rings (SSSR count). The van der Waals surface area contributed by atoms with Crippen LogP contribution in [0.3, 0.4) is 0 Å². The van der Waals surface area contributed by atoms with Crippen molar-refractivity contribution >= 4 is 18.9 Å². The number of aromatic amines is 1. The summed E-state index contributed by atoms with van der Waals surface area (Å²) >= 11 is 0. The Morgan fingerprint density at radius 1 is 1.50 bits per heavy atom. The van der Waals surface area contributed by atoms with Gasteiger partial charge in [0.2, 0.25) is 0 Å². The van der Waals surface area contributed by atoms with E-state index >= 15 is 0 Å². The van der Waals surface area contributed by atoms with Gasteiger partial charge in [-0.3, -0.25) is 0 Å². The van der Waals surface area contributed by atoms with Crippen LogP contribution in [-0.2, 0) is 6.42 Å². The average molecular weight is 216 g/mol. The number of rotatable bonds is 4. The van der Waals surface area contributed by atoms with Gasteiger partial charge in [-0.2, -0.15) is 0 Å². The lowest BCUT2D eigenvalue weighted by molar-refractivity contribution is 1.20. The molecular formula is C12H16N4. The van der Waals surface area contributed by atoms with Crippen molar-refractivity contribution in [2.75, 3.05) is 0 Å². The Hall–Kier alpha value is -2.23. The second-order valence-electron chi connectivity index (χ2n) is 3.32. The molecule has 1 aromatic rings. The third-order valence-electron chi connectivity index (χ3n) is 2.26. The molecule has 0 aliphatic rings. The minimum absolute atomic E-state index is 0.607. The average Bonchev–Trinajstić information content (AvgIpc) is 2.64.